The Morgan fingerprint density at radius 2 is 0.981 bits per heavy atom. The van der Waals surface area contributed by atoms with Crippen molar-refractivity contribution >= 4 is 79.4 Å². The molecule has 0 amide bonds. The van der Waals surface area contributed by atoms with Crippen molar-refractivity contribution < 1.29 is 12.9 Å². The molecular formula is C47H31N2O3PS. The fraction of sp³-hybridized carbons (Fsp3) is 0. The van der Waals surface area contributed by atoms with Crippen LogP contribution in [0.25, 0.3) is 65.3 Å². The molecule has 0 atom stereocenters. The first-order valence-corrected chi connectivity index (χ1v) is 19.6. The minimum absolute atomic E-state index is 0.645. The van der Waals surface area contributed by atoms with E-state index in [9.17, 15) is 0 Å². The van der Waals surface area contributed by atoms with Gasteiger partial charge in [0.25, 0.3) is 0 Å². The molecular weight excluding hydrogens is 704 g/mol. The second-order valence-electron chi connectivity index (χ2n) is 12.9. The predicted molar refractivity (Wildman–Crippen MR) is 225 cm³/mol. The Bertz CT molecular complexity index is 2830. The van der Waals surface area contributed by atoms with E-state index in [4.69, 9.17) is 17.9 Å². The van der Waals surface area contributed by atoms with Gasteiger partial charge in [-0.1, -0.05) is 139 Å². The van der Waals surface area contributed by atoms with Crippen LogP contribution in [0.2, 0.25) is 0 Å². The van der Waals surface area contributed by atoms with Gasteiger partial charge in [0, 0.05) is 33.3 Å². The normalized spacial score (nSPS) is 11.3. The van der Waals surface area contributed by atoms with Crippen molar-refractivity contribution in [2.45, 2.75) is 0 Å². The highest BCUT2D eigenvalue weighted by molar-refractivity contribution is 7.32. The van der Waals surface area contributed by atoms with Gasteiger partial charge in [0.15, 0.2) is 0 Å². The summed E-state index contributed by atoms with van der Waals surface area (Å²) >= 11 is 1.66. The number of fused-ring (bicyclic) bond motifs is 7. The molecule has 258 valence electrons. The molecule has 2 aromatic heterocycles. The summed E-state index contributed by atoms with van der Waals surface area (Å²) in [4.78, 5) is 7.55. The van der Waals surface area contributed by atoms with E-state index in [0.717, 1.165) is 81.7 Å². The van der Waals surface area contributed by atoms with E-state index in [1.807, 2.05) is 42.5 Å². The molecule has 0 unspecified atom stereocenters. The monoisotopic (exact) mass is 734 g/mol. The van der Waals surface area contributed by atoms with Crippen LogP contribution in [0.1, 0.15) is 0 Å². The van der Waals surface area contributed by atoms with Gasteiger partial charge in [-0.05, 0) is 82.2 Å². The topological polar surface area (TPSA) is 51.6 Å². The number of thiazole rings is 1. The lowest BCUT2D eigenvalue weighted by Crippen LogP contribution is -2.09. The maximum Gasteiger partial charge on any atom is 0.453 e. The van der Waals surface area contributed by atoms with Crippen LogP contribution in [-0.2, 0) is 0 Å². The average Bonchev–Trinajstić information content (AvgIpc) is 3.59. The zero-order valence-corrected chi connectivity index (χ0v) is 30.6. The highest BCUT2D eigenvalue weighted by Gasteiger charge is 2.23. The van der Waals surface area contributed by atoms with Crippen molar-refractivity contribution in [3.8, 4) is 27.6 Å². The van der Waals surface area contributed by atoms with Crippen LogP contribution in [0.5, 0.6) is 5.75 Å². The SMILES string of the molecule is c1ccc(-c2nc(-c3ccc(Op4oc5ccc6ccccc6c5c5c(ccc6ccccc65)o4)cc3)sc2N(c2ccccc2)c2ccccc2)cc1. The largest absolute Gasteiger partial charge is 0.453 e. The van der Waals surface area contributed by atoms with Gasteiger partial charge >= 0.3 is 8.24 Å². The van der Waals surface area contributed by atoms with Gasteiger partial charge in [-0.15, -0.1) is 0 Å². The number of aromatic nitrogens is 1. The quantitative estimate of drug-likeness (QED) is 0.163. The molecule has 8 aromatic carbocycles. The van der Waals surface area contributed by atoms with E-state index >= 15 is 0 Å². The number of nitrogens with zero attached hydrogens (tertiary/aromatic N) is 2. The minimum Gasteiger partial charge on any atom is -0.391 e. The Labute approximate surface area is 316 Å². The van der Waals surface area contributed by atoms with E-state index in [2.05, 4.69) is 150 Å². The third-order valence-electron chi connectivity index (χ3n) is 9.55. The lowest BCUT2D eigenvalue weighted by Gasteiger charge is -2.24. The first-order valence-electron chi connectivity index (χ1n) is 17.7. The van der Waals surface area contributed by atoms with Gasteiger partial charge in [0.05, 0.1) is 0 Å². The third kappa shape index (κ3) is 5.88. The lowest BCUT2D eigenvalue weighted by molar-refractivity contribution is 0.498. The van der Waals surface area contributed by atoms with Gasteiger partial charge in [0.1, 0.15) is 32.6 Å². The third-order valence-corrected chi connectivity index (χ3v) is 11.7. The highest BCUT2D eigenvalue weighted by Crippen LogP contribution is 2.47. The summed E-state index contributed by atoms with van der Waals surface area (Å²) in [5, 5.41) is 8.45. The van der Waals surface area contributed by atoms with Crippen LogP contribution in [0.3, 0.4) is 0 Å². The molecule has 0 saturated heterocycles. The Morgan fingerprint density at radius 3 is 1.54 bits per heavy atom. The molecule has 10 rings (SSSR count). The molecule has 0 radical (unpaired) electrons. The van der Waals surface area contributed by atoms with Crippen LogP contribution >= 0.6 is 19.6 Å². The maximum atomic E-state index is 6.60. The standard InChI is InChI=1S/C47H31N2O3PS/c1-4-16-34(17-5-1)45-47(49(36-18-6-2-7-19-36)37-20-8-3-9-21-37)54-46(48-45)35-24-28-38(29-25-35)50-53-51-41-30-26-32-14-10-12-22-39(32)43(41)44-40-23-13-11-15-33(40)27-31-42(44)52-53/h1-31H. The zero-order chi connectivity index (χ0) is 35.8. The summed E-state index contributed by atoms with van der Waals surface area (Å²) in [5.41, 5.74) is 6.56. The summed E-state index contributed by atoms with van der Waals surface area (Å²) in [6.45, 7) is 0. The van der Waals surface area contributed by atoms with Crippen molar-refractivity contribution in [2.75, 3.05) is 4.90 Å². The lowest BCUT2D eigenvalue weighted by atomic mass is 9.99. The molecule has 0 saturated carbocycles. The van der Waals surface area contributed by atoms with Crippen molar-refractivity contribution in [3.63, 3.8) is 0 Å². The second kappa shape index (κ2) is 13.8. The highest BCUT2D eigenvalue weighted by atomic mass is 32.1. The Hall–Kier alpha value is -6.59. The molecule has 7 heteroatoms. The average molecular weight is 735 g/mol. The second-order valence-corrected chi connectivity index (χ2v) is 14.9. The van der Waals surface area contributed by atoms with Crippen molar-refractivity contribution in [2.24, 2.45) is 0 Å². The maximum absolute atomic E-state index is 6.60. The molecule has 0 spiro atoms. The van der Waals surface area contributed by atoms with Crippen molar-refractivity contribution in [1.82, 2.24) is 4.98 Å². The van der Waals surface area contributed by atoms with Gasteiger partial charge in [0.2, 0.25) is 0 Å². The molecule has 0 aliphatic rings. The van der Waals surface area contributed by atoms with Crippen LogP contribution in [-0.4, -0.2) is 4.98 Å². The number of hydrogen-bond acceptors (Lipinski definition) is 6. The Balaban J connectivity index is 1.07. The molecule has 0 fully saturated rings. The molecule has 0 aliphatic heterocycles. The Morgan fingerprint density at radius 1 is 0.481 bits per heavy atom. The minimum atomic E-state index is -1.83. The van der Waals surface area contributed by atoms with Crippen LogP contribution in [0.15, 0.2) is 196 Å². The first-order chi connectivity index (χ1) is 26.8. The van der Waals surface area contributed by atoms with Crippen molar-refractivity contribution in [1.29, 1.82) is 0 Å². The van der Waals surface area contributed by atoms with Gasteiger partial charge < -0.3 is 17.8 Å². The molecule has 10 aromatic rings. The fourth-order valence-electron chi connectivity index (χ4n) is 7.04. The van der Waals surface area contributed by atoms with E-state index in [1.165, 1.54) is 0 Å². The van der Waals surface area contributed by atoms with Gasteiger partial charge in [-0.2, -0.15) is 0 Å². The van der Waals surface area contributed by atoms with Gasteiger partial charge in [-0.3, -0.25) is 0 Å². The number of anilines is 3. The van der Waals surface area contributed by atoms with Crippen LogP contribution in [0.4, 0.5) is 16.4 Å². The molecule has 2 heterocycles. The molecule has 54 heavy (non-hydrogen) atoms. The number of benzene rings is 8. The summed E-state index contributed by atoms with van der Waals surface area (Å²) in [5.74, 6) is 0.645. The predicted octanol–water partition coefficient (Wildman–Crippen LogP) is 14.7. The molecule has 5 nitrogen and oxygen atoms in total. The van der Waals surface area contributed by atoms with Crippen molar-refractivity contribution in [3.05, 3.63) is 188 Å². The zero-order valence-electron chi connectivity index (χ0n) is 28.9. The van der Waals surface area contributed by atoms with E-state index in [1.54, 1.807) is 11.3 Å². The van der Waals surface area contributed by atoms with E-state index in [-0.39, 0.29) is 0 Å². The molecule has 0 bridgehead atoms. The van der Waals surface area contributed by atoms with E-state index in [0.29, 0.717) is 5.75 Å². The summed E-state index contributed by atoms with van der Waals surface area (Å²) in [6.07, 6.45) is 0. The number of rotatable bonds is 7. The Kier molecular flexibility index (Phi) is 8.17. The number of para-hydroxylation sites is 2. The summed E-state index contributed by atoms with van der Waals surface area (Å²) < 4.78 is 19.7. The smallest absolute Gasteiger partial charge is 0.391 e. The van der Waals surface area contributed by atoms with E-state index < -0.39 is 8.24 Å². The fourth-order valence-corrected chi connectivity index (χ4v) is 9.21. The summed E-state index contributed by atoms with van der Waals surface area (Å²) in [6, 6.07) is 64.3. The summed E-state index contributed by atoms with van der Waals surface area (Å²) in [7, 11) is -1.83. The molecule has 0 N–H and O–H groups in total. The first kappa shape index (κ1) is 32.1. The molecule has 0 aliphatic carbocycles. The van der Waals surface area contributed by atoms with Crippen LogP contribution < -0.4 is 9.42 Å². The number of hydrogen-bond donors (Lipinski definition) is 0. The van der Waals surface area contributed by atoms with Gasteiger partial charge in [-0.25, -0.2) is 4.98 Å². The van der Waals surface area contributed by atoms with Crippen LogP contribution in [0, 0.1) is 0 Å².